The van der Waals surface area contributed by atoms with E-state index in [4.69, 9.17) is 4.74 Å². The molecule has 1 unspecified atom stereocenters. The van der Waals surface area contributed by atoms with E-state index in [1.807, 2.05) is 13.8 Å². The molecular formula is C14H19F4NO2. The normalized spacial score (nSPS) is 13.2. The highest BCUT2D eigenvalue weighted by molar-refractivity contribution is 5.36. The maximum atomic E-state index is 13.2. The molecule has 0 heterocycles. The number of halogens is 4. The molecule has 1 rings (SSSR count). The molecule has 0 aliphatic heterocycles. The number of hydrogen-bond acceptors (Lipinski definition) is 3. The first-order chi connectivity index (χ1) is 9.83. The fraction of sp³-hybridized carbons (Fsp3) is 0.571. The van der Waals surface area contributed by atoms with Gasteiger partial charge in [-0.25, -0.2) is 4.39 Å². The van der Waals surface area contributed by atoms with Crippen molar-refractivity contribution in [3.05, 3.63) is 29.6 Å². The van der Waals surface area contributed by atoms with Crippen LogP contribution in [0.3, 0.4) is 0 Å². The van der Waals surface area contributed by atoms with Crippen LogP contribution >= 0.6 is 0 Å². The SMILES string of the molecule is CCNC(C)c1ccc(F)cc1OCCOCC(F)(F)F. The summed E-state index contributed by atoms with van der Waals surface area (Å²) in [6.07, 6.45) is -4.36. The number of rotatable bonds is 8. The lowest BCUT2D eigenvalue weighted by Crippen LogP contribution is -2.21. The van der Waals surface area contributed by atoms with Gasteiger partial charge in [0.2, 0.25) is 0 Å². The molecule has 0 radical (unpaired) electrons. The summed E-state index contributed by atoms with van der Waals surface area (Å²) >= 11 is 0. The fourth-order valence-corrected chi connectivity index (χ4v) is 1.81. The summed E-state index contributed by atoms with van der Waals surface area (Å²) in [6, 6.07) is 4.07. The first-order valence-corrected chi connectivity index (χ1v) is 6.63. The highest BCUT2D eigenvalue weighted by atomic mass is 19.4. The third-order valence-electron chi connectivity index (χ3n) is 2.70. The zero-order valence-electron chi connectivity index (χ0n) is 12.0. The van der Waals surface area contributed by atoms with Crippen LogP contribution in [0.15, 0.2) is 18.2 Å². The lowest BCUT2D eigenvalue weighted by Gasteiger charge is -2.18. The summed E-state index contributed by atoms with van der Waals surface area (Å²) in [5, 5.41) is 3.16. The van der Waals surface area contributed by atoms with Crippen molar-refractivity contribution in [2.75, 3.05) is 26.4 Å². The van der Waals surface area contributed by atoms with Crippen molar-refractivity contribution in [2.24, 2.45) is 0 Å². The second kappa shape index (κ2) is 8.19. The molecule has 1 aromatic rings. The van der Waals surface area contributed by atoms with E-state index in [9.17, 15) is 17.6 Å². The fourth-order valence-electron chi connectivity index (χ4n) is 1.81. The Labute approximate surface area is 121 Å². The smallest absolute Gasteiger partial charge is 0.411 e. The predicted molar refractivity (Wildman–Crippen MR) is 70.9 cm³/mol. The number of hydrogen-bond donors (Lipinski definition) is 1. The van der Waals surface area contributed by atoms with E-state index >= 15 is 0 Å². The molecule has 0 aliphatic rings. The third kappa shape index (κ3) is 6.77. The quantitative estimate of drug-likeness (QED) is 0.589. The van der Waals surface area contributed by atoms with Gasteiger partial charge in [-0.3, -0.25) is 0 Å². The van der Waals surface area contributed by atoms with Crippen LogP contribution in [-0.4, -0.2) is 32.5 Å². The maximum Gasteiger partial charge on any atom is 0.411 e. The maximum absolute atomic E-state index is 13.2. The first-order valence-electron chi connectivity index (χ1n) is 6.63. The molecule has 0 aromatic heterocycles. The van der Waals surface area contributed by atoms with E-state index in [0.29, 0.717) is 5.75 Å². The average molecular weight is 309 g/mol. The second-order valence-corrected chi connectivity index (χ2v) is 4.48. The van der Waals surface area contributed by atoms with Crippen LogP contribution < -0.4 is 10.1 Å². The highest BCUT2D eigenvalue weighted by Gasteiger charge is 2.27. The van der Waals surface area contributed by atoms with Crippen molar-refractivity contribution in [1.29, 1.82) is 0 Å². The highest BCUT2D eigenvalue weighted by Crippen LogP contribution is 2.26. The zero-order valence-corrected chi connectivity index (χ0v) is 12.0. The Morgan fingerprint density at radius 2 is 1.95 bits per heavy atom. The molecular weight excluding hydrogens is 290 g/mol. The molecule has 120 valence electrons. The number of alkyl halides is 3. The van der Waals surface area contributed by atoms with Gasteiger partial charge >= 0.3 is 6.18 Å². The van der Waals surface area contributed by atoms with Crippen molar-refractivity contribution in [2.45, 2.75) is 26.1 Å². The molecule has 3 nitrogen and oxygen atoms in total. The number of benzene rings is 1. The molecule has 1 N–H and O–H groups in total. The van der Waals surface area contributed by atoms with Gasteiger partial charge in [-0.1, -0.05) is 13.0 Å². The van der Waals surface area contributed by atoms with Crippen LogP contribution in [0.1, 0.15) is 25.5 Å². The van der Waals surface area contributed by atoms with Crippen LogP contribution in [0.25, 0.3) is 0 Å². The molecule has 0 saturated heterocycles. The van der Waals surface area contributed by atoms with Gasteiger partial charge in [0, 0.05) is 17.7 Å². The van der Waals surface area contributed by atoms with E-state index in [1.165, 1.54) is 12.1 Å². The summed E-state index contributed by atoms with van der Waals surface area (Å²) in [5.74, 6) is -0.160. The zero-order chi connectivity index (χ0) is 15.9. The largest absolute Gasteiger partial charge is 0.491 e. The van der Waals surface area contributed by atoms with Crippen LogP contribution in [0.5, 0.6) is 5.75 Å². The molecule has 0 saturated carbocycles. The van der Waals surface area contributed by atoms with Crippen molar-refractivity contribution in [3.63, 3.8) is 0 Å². The van der Waals surface area contributed by atoms with Gasteiger partial charge in [-0.2, -0.15) is 13.2 Å². The lowest BCUT2D eigenvalue weighted by molar-refractivity contribution is -0.175. The van der Waals surface area contributed by atoms with Crippen LogP contribution in [0, 0.1) is 5.82 Å². The Bertz CT molecular complexity index is 437. The Morgan fingerprint density at radius 1 is 1.24 bits per heavy atom. The van der Waals surface area contributed by atoms with Crippen LogP contribution in [0.4, 0.5) is 17.6 Å². The Balaban J connectivity index is 2.55. The lowest BCUT2D eigenvalue weighted by atomic mass is 10.1. The minimum Gasteiger partial charge on any atom is -0.491 e. The van der Waals surface area contributed by atoms with Crippen molar-refractivity contribution < 1.29 is 27.0 Å². The summed E-state index contributed by atoms with van der Waals surface area (Å²) in [6.45, 7) is 2.94. The standard InChI is InChI=1S/C14H19F4NO2/c1-3-19-10(2)12-5-4-11(15)8-13(12)21-7-6-20-9-14(16,17)18/h4-5,8,10,19H,3,6-7,9H2,1-2H3. The van der Waals surface area contributed by atoms with E-state index in [-0.39, 0.29) is 19.3 Å². The molecule has 7 heteroatoms. The molecule has 1 aromatic carbocycles. The first kappa shape index (κ1) is 17.7. The minimum atomic E-state index is -4.36. The summed E-state index contributed by atoms with van der Waals surface area (Å²) < 4.78 is 58.7. The Hall–Kier alpha value is -1.34. The molecule has 0 amide bonds. The Kier molecular flexibility index (Phi) is 6.91. The molecule has 0 bridgehead atoms. The predicted octanol–water partition coefficient (Wildman–Crippen LogP) is 3.45. The van der Waals surface area contributed by atoms with E-state index in [0.717, 1.165) is 12.1 Å². The topological polar surface area (TPSA) is 30.5 Å². The average Bonchev–Trinajstić information content (AvgIpc) is 2.37. The summed E-state index contributed by atoms with van der Waals surface area (Å²) in [4.78, 5) is 0. The van der Waals surface area contributed by atoms with Gasteiger partial charge < -0.3 is 14.8 Å². The van der Waals surface area contributed by atoms with Gasteiger partial charge in [0.05, 0.1) is 6.61 Å². The van der Waals surface area contributed by atoms with Gasteiger partial charge in [0.15, 0.2) is 0 Å². The molecule has 21 heavy (non-hydrogen) atoms. The van der Waals surface area contributed by atoms with Crippen molar-refractivity contribution in [1.82, 2.24) is 5.32 Å². The second-order valence-electron chi connectivity index (χ2n) is 4.48. The Morgan fingerprint density at radius 3 is 2.57 bits per heavy atom. The monoisotopic (exact) mass is 309 g/mol. The van der Waals surface area contributed by atoms with Gasteiger partial charge in [0.25, 0.3) is 0 Å². The van der Waals surface area contributed by atoms with Crippen LogP contribution in [0.2, 0.25) is 0 Å². The molecule has 0 fully saturated rings. The van der Waals surface area contributed by atoms with Gasteiger partial charge in [0.1, 0.15) is 24.8 Å². The van der Waals surface area contributed by atoms with E-state index < -0.39 is 18.6 Å². The van der Waals surface area contributed by atoms with Gasteiger partial charge in [-0.15, -0.1) is 0 Å². The molecule has 0 aliphatic carbocycles. The number of nitrogens with one attached hydrogen (secondary N) is 1. The summed E-state index contributed by atoms with van der Waals surface area (Å²) in [7, 11) is 0. The van der Waals surface area contributed by atoms with E-state index in [2.05, 4.69) is 10.1 Å². The van der Waals surface area contributed by atoms with Crippen molar-refractivity contribution in [3.8, 4) is 5.75 Å². The number of ether oxygens (including phenoxy) is 2. The van der Waals surface area contributed by atoms with Gasteiger partial charge in [-0.05, 0) is 19.5 Å². The molecule has 0 spiro atoms. The van der Waals surface area contributed by atoms with Crippen LogP contribution in [-0.2, 0) is 4.74 Å². The minimum absolute atomic E-state index is 0.0540. The van der Waals surface area contributed by atoms with E-state index in [1.54, 1.807) is 6.07 Å². The summed E-state index contributed by atoms with van der Waals surface area (Å²) in [5.41, 5.74) is 0.745. The van der Waals surface area contributed by atoms with Crippen molar-refractivity contribution >= 4 is 0 Å². The molecule has 1 atom stereocenters. The third-order valence-corrected chi connectivity index (χ3v) is 2.70.